The Hall–Kier alpha value is -3.08. The second-order valence-electron chi connectivity index (χ2n) is 6.34. The lowest BCUT2D eigenvalue weighted by Crippen LogP contribution is -2.55. The molecule has 4 rings (SSSR count). The Kier molecular flexibility index (Phi) is 3.57. The number of fused-ring (bicyclic) bond motifs is 3. The first-order chi connectivity index (χ1) is 12.1. The molecule has 25 heavy (non-hydrogen) atoms. The Labute approximate surface area is 144 Å². The minimum Gasteiger partial charge on any atom is -0.548 e. The van der Waals surface area contributed by atoms with Gasteiger partial charge in [-0.2, -0.15) is 0 Å². The van der Waals surface area contributed by atoms with Gasteiger partial charge in [0.1, 0.15) is 0 Å². The van der Waals surface area contributed by atoms with Crippen molar-refractivity contribution in [3.8, 4) is 0 Å². The lowest BCUT2D eigenvalue weighted by molar-refractivity contribution is -0.312. The number of aliphatic carboxylic acids is 1. The van der Waals surface area contributed by atoms with Crippen LogP contribution >= 0.6 is 0 Å². The number of carbonyl (C=O) groups excluding carboxylic acids is 2. The number of para-hydroxylation sites is 1. The first-order valence-electron chi connectivity index (χ1n) is 8.22. The number of nitrogens with zero attached hydrogens (tertiary/aromatic N) is 1. The van der Waals surface area contributed by atoms with E-state index in [2.05, 4.69) is 4.98 Å². The normalized spacial score (nSPS) is 19.6. The van der Waals surface area contributed by atoms with Gasteiger partial charge in [0.2, 0.25) is 5.91 Å². The molecule has 0 unspecified atom stereocenters. The number of rotatable bonds is 2. The number of carbonyl (C=O) groups is 2. The lowest BCUT2D eigenvalue weighted by atomic mass is 9.88. The van der Waals surface area contributed by atoms with E-state index in [0.717, 1.165) is 27.7 Å². The highest BCUT2D eigenvalue weighted by Crippen LogP contribution is 2.40. The monoisotopic (exact) mass is 333 g/mol. The van der Waals surface area contributed by atoms with E-state index in [1.807, 2.05) is 54.6 Å². The largest absolute Gasteiger partial charge is 0.548 e. The quantitative estimate of drug-likeness (QED) is 0.777. The highest BCUT2D eigenvalue weighted by atomic mass is 16.4. The Morgan fingerprint density at radius 1 is 1.08 bits per heavy atom. The van der Waals surface area contributed by atoms with Crippen molar-refractivity contribution >= 4 is 22.8 Å². The predicted octanol–water partition coefficient (Wildman–Crippen LogP) is 1.78. The van der Waals surface area contributed by atoms with Crippen molar-refractivity contribution in [2.45, 2.75) is 25.4 Å². The van der Waals surface area contributed by atoms with Crippen LogP contribution in [-0.2, 0) is 16.0 Å². The first kappa shape index (κ1) is 15.4. The van der Waals surface area contributed by atoms with Crippen LogP contribution in [0.25, 0.3) is 10.9 Å². The molecule has 0 saturated heterocycles. The molecule has 1 aromatic heterocycles. The van der Waals surface area contributed by atoms with Crippen LogP contribution in [0.5, 0.6) is 0 Å². The Bertz CT molecular complexity index is 961. The van der Waals surface area contributed by atoms with E-state index in [9.17, 15) is 14.7 Å². The molecule has 0 spiro atoms. The predicted molar refractivity (Wildman–Crippen MR) is 91.6 cm³/mol. The van der Waals surface area contributed by atoms with Gasteiger partial charge in [-0.15, -0.1) is 0 Å². The van der Waals surface area contributed by atoms with E-state index in [0.29, 0.717) is 0 Å². The molecule has 0 fully saturated rings. The van der Waals surface area contributed by atoms with Crippen molar-refractivity contribution in [1.29, 1.82) is 0 Å². The molecule has 1 amide bonds. The number of amides is 1. The standard InChI is InChI=1S/C20H18N2O3/c1-12(23)22-17(20(24)25)11-15-14-9-5-6-10-16(14)21-18(15)19(22)13-7-3-2-4-8-13/h2-10,17,19,21H,11H2,1H3,(H,24,25)/p-1/t17-,19-/m1/s1. The fourth-order valence-electron chi connectivity index (χ4n) is 3.85. The summed E-state index contributed by atoms with van der Waals surface area (Å²) in [5, 5.41) is 12.8. The van der Waals surface area contributed by atoms with Gasteiger partial charge in [0, 0.05) is 29.9 Å². The maximum Gasteiger partial charge on any atom is 0.220 e. The molecule has 1 aliphatic heterocycles. The molecule has 0 bridgehead atoms. The summed E-state index contributed by atoms with van der Waals surface area (Å²) in [7, 11) is 0. The molecule has 126 valence electrons. The van der Waals surface area contributed by atoms with Crippen molar-refractivity contribution in [2.75, 3.05) is 0 Å². The van der Waals surface area contributed by atoms with Gasteiger partial charge in [0.15, 0.2) is 0 Å². The van der Waals surface area contributed by atoms with E-state index in [1.165, 1.54) is 11.8 Å². The summed E-state index contributed by atoms with van der Waals surface area (Å²) in [5.41, 5.74) is 3.63. The number of aromatic nitrogens is 1. The molecule has 0 aliphatic carbocycles. The second-order valence-corrected chi connectivity index (χ2v) is 6.34. The minimum atomic E-state index is -1.23. The van der Waals surface area contributed by atoms with E-state index in [4.69, 9.17) is 0 Å². The molecule has 5 heteroatoms. The number of hydrogen-bond acceptors (Lipinski definition) is 3. The van der Waals surface area contributed by atoms with Crippen molar-refractivity contribution in [3.05, 3.63) is 71.4 Å². The van der Waals surface area contributed by atoms with Crippen LogP contribution in [-0.4, -0.2) is 27.8 Å². The highest BCUT2D eigenvalue weighted by Gasteiger charge is 2.39. The van der Waals surface area contributed by atoms with Crippen molar-refractivity contribution in [2.24, 2.45) is 0 Å². The third-order valence-corrected chi connectivity index (χ3v) is 4.88. The molecule has 2 heterocycles. The van der Waals surface area contributed by atoms with Gasteiger partial charge < -0.3 is 19.8 Å². The van der Waals surface area contributed by atoms with Gasteiger partial charge >= 0.3 is 0 Å². The SMILES string of the molecule is CC(=O)N1[C@H](c2ccccc2)c2[nH]c3ccccc3c2C[C@@H]1C(=O)[O-]. The third-order valence-electron chi connectivity index (χ3n) is 4.88. The number of nitrogens with one attached hydrogen (secondary N) is 1. The van der Waals surface area contributed by atoms with E-state index < -0.39 is 18.1 Å². The molecule has 0 saturated carbocycles. The van der Waals surface area contributed by atoms with Crippen molar-refractivity contribution < 1.29 is 14.7 Å². The van der Waals surface area contributed by atoms with Crippen LogP contribution in [0.3, 0.4) is 0 Å². The first-order valence-corrected chi connectivity index (χ1v) is 8.22. The highest BCUT2D eigenvalue weighted by molar-refractivity contribution is 5.89. The summed E-state index contributed by atoms with van der Waals surface area (Å²) < 4.78 is 0. The number of carboxylic acids is 1. The van der Waals surface area contributed by atoms with Crippen LogP contribution < -0.4 is 5.11 Å². The molecular weight excluding hydrogens is 316 g/mol. The summed E-state index contributed by atoms with van der Waals surface area (Å²) in [4.78, 5) is 29.0. The van der Waals surface area contributed by atoms with Crippen LogP contribution in [0.4, 0.5) is 0 Å². The maximum absolute atomic E-state index is 12.3. The van der Waals surface area contributed by atoms with Gasteiger partial charge in [-0.1, -0.05) is 48.5 Å². The molecule has 0 radical (unpaired) electrons. The van der Waals surface area contributed by atoms with Crippen molar-refractivity contribution in [3.63, 3.8) is 0 Å². The molecule has 5 nitrogen and oxygen atoms in total. The maximum atomic E-state index is 12.3. The van der Waals surface area contributed by atoms with Crippen LogP contribution in [0.1, 0.15) is 29.8 Å². The van der Waals surface area contributed by atoms with E-state index >= 15 is 0 Å². The van der Waals surface area contributed by atoms with Crippen LogP contribution in [0.15, 0.2) is 54.6 Å². The molecular formula is C20H17N2O3-. The Morgan fingerprint density at radius 2 is 1.76 bits per heavy atom. The summed E-state index contributed by atoms with van der Waals surface area (Å²) in [5.74, 6) is -1.51. The summed E-state index contributed by atoms with van der Waals surface area (Å²) in [6.07, 6.45) is 0.241. The second kappa shape index (κ2) is 5.77. The molecule has 3 aromatic rings. The van der Waals surface area contributed by atoms with E-state index in [1.54, 1.807) is 0 Å². The van der Waals surface area contributed by atoms with Crippen LogP contribution in [0, 0.1) is 0 Å². The average molecular weight is 333 g/mol. The number of carboxylic acid groups (broad SMARTS) is 1. The summed E-state index contributed by atoms with van der Waals surface area (Å²) >= 11 is 0. The zero-order valence-electron chi connectivity index (χ0n) is 13.7. The Morgan fingerprint density at radius 3 is 2.44 bits per heavy atom. The smallest absolute Gasteiger partial charge is 0.220 e. The molecule has 2 aromatic carbocycles. The van der Waals surface area contributed by atoms with Gasteiger partial charge in [0.25, 0.3) is 0 Å². The zero-order valence-corrected chi connectivity index (χ0v) is 13.7. The fourth-order valence-corrected chi connectivity index (χ4v) is 3.85. The number of hydrogen-bond donors (Lipinski definition) is 1. The number of aromatic amines is 1. The van der Waals surface area contributed by atoms with Gasteiger partial charge in [0.05, 0.1) is 18.1 Å². The fraction of sp³-hybridized carbons (Fsp3) is 0.200. The molecule has 1 aliphatic rings. The summed E-state index contributed by atoms with van der Waals surface area (Å²) in [6, 6.07) is 15.8. The third kappa shape index (κ3) is 2.39. The molecule has 2 atom stereocenters. The minimum absolute atomic E-state index is 0.241. The van der Waals surface area contributed by atoms with Gasteiger partial charge in [-0.05, 0) is 17.2 Å². The topological polar surface area (TPSA) is 76.2 Å². The van der Waals surface area contributed by atoms with Crippen molar-refractivity contribution in [1.82, 2.24) is 9.88 Å². The number of benzene rings is 2. The number of H-pyrrole nitrogens is 1. The average Bonchev–Trinajstić information content (AvgIpc) is 2.99. The van der Waals surface area contributed by atoms with Crippen LogP contribution in [0.2, 0.25) is 0 Å². The summed E-state index contributed by atoms with van der Waals surface area (Å²) in [6.45, 7) is 1.40. The molecule has 1 N–H and O–H groups in total. The Balaban J connectivity index is 2.00. The zero-order chi connectivity index (χ0) is 17.6. The van der Waals surface area contributed by atoms with Gasteiger partial charge in [-0.25, -0.2) is 0 Å². The lowest BCUT2D eigenvalue weighted by Gasteiger charge is -2.42. The van der Waals surface area contributed by atoms with Gasteiger partial charge in [-0.3, -0.25) is 4.79 Å². The van der Waals surface area contributed by atoms with E-state index in [-0.39, 0.29) is 12.3 Å².